The molecule has 0 spiro atoms. The SMILES string of the molecule is CCOc1ccc(B(O)O)cc1O[Si](C)(C)C(C)(C)C.CN1CCN(CCCl)CC1.CN1CCN(CCOc2ccc3[nH]c(=O)[nH]c(=O)c3c2)CC1.CN1CCN(CCOc2ccc3nc(Cl)nc(Cl)c3c2)CC1.COC(=O)c1cc(O)ccc1N.COC(=O)c1cc(OCCN2CCN(C)CC2)ccc1N.ClP(Cl)(Cl)(Cl)Cl.N#C[O-].[Na+]. The molecule has 4 aliphatic rings. The van der Waals surface area contributed by atoms with Crippen LogP contribution in [0.3, 0.4) is 0 Å². The van der Waals surface area contributed by atoms with Gasteiger partial charge in [0.15, 0.2) is 5.75 Å². The number of likely N-dealkylation sites (N-methyl/N-ethyl adjacent to an activating group) is 4. The molecule has 4 saturated heterocycles. The summed E-state index contributed by atoms with van der Waals surface area (Å²) in [6, 6.07) is 24.9. The Kier molecular flexibility index (Phi) is 47.8. The Bertz CT molecular complexity index is 4330. The minimum atomic E-state index is -3.69. The van der Waals surface area contributed by atoms with Gasteiger partial charge in [-0.3, -0.25) is 29.4 Å². The third-order valence-electron chi connectivity index (χ3n) is 18.7. The molecule has 30 nitrogen and oxygen atoms in total. The zero-order valence-electron chi connectivity index (χ0n) is 68.7. The number of aromatic hydroxyl groups is 1. The number of piperazine rings is 4. The number of halogens is 8. The van der Waals surface area contributed by atoms with Crippen molar-refractivity contribution in [1.29, 1.82) is 5.26 Å². The number of carbonyl (C=O) groups excluding carboxylic acids is 2. The number of alkyl halides is 1. The summed E-state index contributed by atoms with van der Waals surface area (Å²) in [6.07, 6.45) is 0.500. The van der Waals surface area contributed by atoms with Crippen molar-refractivity contribution in [3.05, 3.63) is 133 Å². The molecule has 0 bridgehead atoms. The fourth-order valence-corrected chi connectivity index (χ4v) is 12.6. The smallest absolute Gasteiger partial charge is 0.812 e. The van der Waals surface area contributed by atoms with Gasteiger partial charge in [0.05, 0.1) is 48.4 Å². The second-order valence-corrected chi connectivity index (χ2v) is 50.9. The van der Waals surface area contributed by atoms with Crippen LogP contribution in [0.4, 0.5) is 11.4 Å². The van der Waals surface area contributed by atoms with E-state index < -0.39 is 42.0 Å². The number of benzene rings is 5. The number of nitrogens with zero attached hydrogens (tertiary/aromatic N) is 11. The summed E-state index contributed by atoms with van der Waals surface area (Å²) in [6.45, 7) is 36.5. The van der Waals surface area contributed by atoms with E-state index in [-0.39, 0.29) is 51.2 Å². The van der Waals surface area contributed by atoms with Crippen LogP contribution in [0.5, 0.6) is 34.5 Å². The summed E-state index contributed by atoms with van der Waals surface area (Å²) in [5.74, 6) is 3.03. The largest absolute Gasteiger partial charge is 1.00 e. The molecule has 42 heteroatoms. The number of nitrogen functional groups attached to an aromatic ring is 2. The first-order valence-corrected chi connectivity index (χ1v) is 48.1. The van der Waals surface area contributed by atoms with Crippen LogP contribution < -0.4 is 86.2 Å². The number of hydrogen-bond donors (Lipinski definition) is 7. The molecular formula is C75H110BCl8N15NaO15PSi. The Balaban J connectivity index is 0.000000360. The molecule has 644 valence electrons. The van der Waals surface area contributed by atoms with Gasteiger partial charge >= 0.3 is 114 Å². The third kappa shape index (κ3) is 41.4. The number of H-pyrrole nitrogens is 2. The van der Waals surface area contributed by atoms with Gasteiger partial charge < -0.3 is 89.2 Å². The van der Waals surface area contributed by atoms with E-state index in [1.165, 1.54) is 58.6 Å². The molecule has 5 aromatic carbocycles. The van der Waals surface area contributed by atoms with Gasteiger partial charge in [-0.15, -0.1) is 11.6 Å². The van der Waals surface area contributed by atoms with Crippen molar-refractivity contribution in [2.24, 2.45) is 0 Å². The molecule has 6 heterocycles. The number of nitrogens with one attached hydrogen (secondary N) is 2. The van der Waals surface area contributed by atoms with E-state index >= 15 is 0 Å². The monoisotopic (exact) mass is 1830 g/mol. The molecule has 0 unspecified atom stereocenters. The van der Waals surface area contributed by atoms with Crippen LogP contribution in [-0.2, 0) is 9.47 Å². The minimum Gasteiger partial charge on any atom is -0.812 e. The Morgan fingerprint density at radius 3 is 1.42 bits per heavy atom. The summed E-state index contributed by atoms with van der Waals surface area (Å²) in [4.78, 5) is 77.3. The van der Waals surface area contributed by atoms with Gasteiger partial charge in [0.2, 0.25) is 5.28 Å². The molecule has 9 N–H and O–H groups in total. The van der Waals surface area contributed by atoms with E-state index in [2.05, 4.69) is 126 Å². The van der Waals surface area contributed by atoms with Gasteiger partial charge in [-0.1, -0.05) is 38.4 Å². The number of phenols is 1. The molecule has 0 atom stereocenters. The molecular weight excluding hydrogens is 1730 g/mol. The van der Waals surface area contributed by atoms with Crippen LogP contribution in [0.2, 0.25) is 28.6 Å². The van der Waals surface area contributed by atoms with Crippen molar-refractivity contribution in [3.63, 3.8) is 0 Å². The molecule has 0 saturated carbocycles. The number of aromatic amines is 2. The number of fused-ring (bicyclic) bond motifs is 2. The van der Waals surface area contributed by atoms with Gasteiger partial charge in [0.25, 0.3) is 13.9 Å². The molecule has 7 aromatic rings. The Hall–Kier alpha value is -5.36. The van der Waals surface area contributed by atoms with E-state index in [4.69, 9.17) is 146 Å². The number of ether oxygens (including phenoxy) is 6. The number of esters is 2. The normalized spacial score (nSPS) is 15.5. The Morgan fingerprint density at radius 2 is 1.00 bits per heavy atom. The van der Waals surface area contributed by atoms with Crippen LogP contribution in [0.15, 0.2) is 101 Å². The average molecular weight is 1840 g/mol. The summed E-state index contributed by atoms with van der Waals surface area (Å²) in [5, 5.41) is 44.4. The summed E-state index contributed by atoms with van der Waals surface area (Å²) in [5.41, 5.74) is 13.2. The van der Waals surface area contributed by atoms with E-state index in [9.17, 15) is 29.2 Å². The number of phenolic OH excluding ortho intramolecular Hbond substituents is 1. The predicted octanol–water partition coefficient (Wildman–Crippen LogP) is 6.61. The fraction of sp³-hybridized carbons (Fsp3) is 0.507. The topological polar surface area (TPSA) is 376 Å². The van der Waals surface area contributed by atoms with Crippen LogP contribution in [0.25, 0.3) is 21.8 Å². The average Bonchev–Trinajstić information content (AvgIpc) is 0.814. The molecule has 0 radical (unpaired) electrons. The van der Waals surface area contributed by atoms with Crippen molar-refractivity contribution in [2.75, 3.05) is 217 Å². The first-order valence-electron chi connectivity index (χ1n) is 37.1. The summed E-state index contributed by atoms with van der Waals surface area (Å²) >= 11 is 42.4. The maximum Gasteiger partial charge on any atom is 1.00 e. The zero-order valence-corrected chi connectivity index (χ0v) is 78.6. The maximum absolute atomic E-state index is 11.8. The minimum absolute atomic E-state index is 0. The fourth-order valence-electron chi connectivity index (χ4n) is 10.9. The molecule has 4 fully saturated rings. The number of nitriles is 1. The van der Waals surface area contributed by atoms with Crippen molar-refractivity contribution >= 4 is 160 Å². The molecule has 4 aliphatic heterocycles. The van der Waals surface area contributed by atoms with Gasteiger partial charge in [0, 0.05) is 160 Å². The van der Waals surface area contributed by atoms with Gasteiger partial charge in [0.1, 0.15) is 53.7 Å². The zero-order chi connectivity index (χ0) is 86.5. The van der Waals surface area contributed by atoms with E-state index in [0.717, 1.165) is 127 Å². The Morgan fingerprint density at radius 1 is 0.598 bits per heavy atom. The number of rotatable bonds is 21. The van der Waals surface area contributed by atoms with Crippen LogP contribution in [0, 0.1) is 11.5 Å². The van der Waals surface area contributed by atoms with Crippen LogP contribution in [-0.4, -0.2) is 307 Å². The first kappa shape index (κ1) is 106. The second kappa shape index (κ2) is 52.8. The van der Waals surface area contributed by atoms with E-state index in [1.54, 1.807) is 54.6 Å². The predicted molar refractivity (Wildman–Crippen MR) is 471 cm³/mol. The maximum atomic E-state index is 11.8. The van der Waals surface area contributed by atoms with Crippen molar-refractivity contribution in [1.82, 2.24) is 59.1 Å². The van der Waals surface area contributed by atoms with Crippen molar-refractivity contribution in [2.45, 2.75) is 45.8 Å². The van der Waals surface area contributed by atoms with E-state index in [1.807, 2.05) is 25.1 Å². The number of aromatic nitrogens is 4. The summed E-state index contributed by atoms with van der Waals surface area (Å²) < 4.78 is 34.5. The number of anilines is 2. The number of hydrogen-bond acceptors (Lipinski definition) is 28. The third-order valence-corrected chi connectivity index (χ3v) is 23.7. The van der Waals surface area contributed by atoms with Gasteiger partial charge in [-0.25, -0.2) is 29.6 Å². The van der Waals surface area contributed by atoms with Crippen LogP contribution >= 0.6 is 94.4 Å². The van der Waals surface area contributed by atoms with E-state index in [0.29, 0.717) is 94.1 Å². The van der Waals surface area contributed by atoms with Crippen molar-refractivity contribution in [3.8, 4) is 40.8 Å². The summed E-state index contributed by atoms with van der Waals surface area (Å²) in [7, 11) is 7.66. The van der Waals surface area contributed by atoms with Gasteiger partial charge in [-0.05, 0) is 155 Å². The van der Waals surface area contributed by atoms with Gasteiger partial charge in [-0.2, -0.15) is 0 Å². The molecule has 0 amide bonds. The number of methoxy groups -OCH3 is 2. The second-order valence-electron chi connectivity index (χ2n) is 28.5. The number of carbonyl (C=O) groups is 2. The number of nitrogens with two attached hydrogens (primary N) is 2. The quantitative estimate of drug-likeness (QED) is 0.00458. The van der Waals surface area contributed by atoms with Crippen LogP contribution in [0.1, 0.15) is 48.4 Å². The molecule has 2 aromatic heterocycles. The molecule has 0 aliphatic carbocycles. The standard InChI is InChI=1S/C15H18Cl2N4O.C15H20N4O3.C15H23N3O3.C14H25BO4Si.C8H9NO3.C7H15ClN2.CHNO.Cl5P.Na/c1-20-4-6-21(7-5-20)8-9-22-11-2-3-13-12(10-11)14(16)19-15(17)18-13;1-18-4-6-19(7-5-18)8-9-22-11-2-3-13-12(10-11)14(20)17-15(21)16-13;1-17-5-7-18(8-6-17)9-10-21-12-3-4-14(16)13(11-12)15(19)20-2;1-7-18-12-9-8-11(15(16)17)10-13(12)19-20(5,6)14(2,3)4;1-12-8(11)6-4-5(10)2-3-7(6)9;1-9-4-6-10(3-2-8)7-5-9;2-1-3;1-6(2,3,4)5;/h2-3,10H,4-9H2,1H3;2-3,10H,4-9H2,1H3,(H2,16,17,20,21);3-4,11H,5-10,16H2,1-2H3;8-10,16-17H,7H2,1-6H3;2-4,10H,9H2,1H3;2-7H2,1H3;3H;;/q;;;;;;;;+1/p-1. The Labute approximate surface area is 748 Å². The first-order chi connectivity index (χ1) is 54.5. The molecule has 117 heavy (non-hydrogen) atoms. The molecule has 11 rings (SSSR count). The van der Waals surface area contributed by atoms with Crippen molar-refractivity contribution < 1.29 is 92.3 Å².